The number of carbonyl (C=O) groups is 1. The highest BCUT2D eigenvalue weighted by molar-refractivity contribution is 5.97. The summed E-state index contributed by atoms with van der Waals surface area (Å²) in [6.45, 7) is 4.84. The summed E-state index contributed by atoms with van der Waals surface area (Å²) in [7, 11) is 2.19. The second kappa shape index (κ2) is 6.16. The average molecular weight is 327 g/mol. The zero-order valence-electron chi connectivity index (χ0n) is 14.5. The highest BCUT2D eigenvalue weighted by Crippen LogP contribution is 2.30. The van der Waals surface area contributed by atoms with Crippen molar-refractivity contribution in [2.45, 2.75) is 51.2 Å². The van der Waals surface area contributed by atoms with E-state index in [0.717, 1.165) is 49.1 Å². The van der Waals surface area contributed by atoms with Crippen molar-refractivity contribution in [2.24, 2.45) is 0 Å². The SMILES string of the molecule is CCn1nnc2cc(C(=O)N3CCC[C@H]3[C@H]3CCCN3C)ccc21. The first-order valence-electron chi connectivity index (χ1n) is 9.03. The number of likely N-dealkylation sites (N-methyl/N-ethyl adjacent to an activating group) is 1. The molecule has 2 aromatic rings. The first-order chi connectivity index (χ1) is 11.7. The third-order valence-corrected chi connectivity index (χ3v) is 5.64. The fourth-order valence-corrected chi connectivity index (χ4v) is 4.37. The molecule has 3 heterocycles. The van der Waals surface area contributed by atoms with Crippen LogP contribution in [0.15, 0.2) is 18.2 Å². The van der Waals surface area contributed by atoms with E-state index < -0.39 is 0 Å². The van der Waals surface area contributed by atoms with Crippen molar-refractivity contribution in [2.75, 3.05) is 20.1 Å². The summed E-state index contributed by atoms with van der Waals surface area (Å²) >= 11 is 0. The van der Waals surface area contributed by atoms with Crippen LogP contribution in [0.25, 0.3) is 11.0 Å². The lowest BCUT2D eigenvalue weighted by Crippen LogP contribution is -2.47. The quantitative estimate of drug-likeness (QED) is 0.867. The summed E-state index contributed by atoms with van der Waals surface area (Å²) in [5.74, 6) is 0.144. The lowest BCUT2D eigenvalue weighted by Gasteiger charge is -2.33. The Bertz CT molecular complexity index is 755. The third-order valence-electron chi connectivity index (χ3n) is 5.64. The molecule has 2 aliphatic rings. The van der Waals surface area contributed by atoms with E-state index in [1.165, 1.54) is 12.8 Å². The van der Waals surface area contributed by atoms with E-state index in [4.69, 9.17) is 0 Å². The van der Waals surface area contributed by atoms with Gasteiger partial charge in [-0.2, -0.15) is 0 Å². The number of hydrogen-bond acceptors (Lipinski definition) is 4. The molecule has 1 amide bonds. The van der Waals surface area contributed by atoms with Crippen LogP contribution in [-0.4, -0.2) is 62.9 Å². The molecule has 0 aliphatic carbocycles. The van der Waals surface area contributed by atoms with E-state index in [9.17, 15) is 4.79 Å². The first kappa shape index (κ1) is 15.6. The van der Waals surface area contributed by atoms with Crippen LogP contribution in [-0.2, 0) is 6.54 Å². The van der Waals surface area contributed by atoms with Gasteiger partial charge in [0, 0.05) is 30.7 Å². The molecular formula is C18H25N5O. The monoisotopic (exact) mass is 327 g/mol. The van der Waals surface area contributed by atoms with Gasteiger partial charge in [-0.05, 0) is 64.4 Å². The summed E-state index contributed by atoms with van der Waals surface area (Å²) < 4.78 is 1.86. The van der Waals surface area contributed by atoms with E-state index in [-0.39, 0.29) is 5.91 Å². The molecule has 1 aromatic carbocycles. The van der Waals surface area contributed by atoms with Crippen molar-refractivity contribution < 1.29 is 4.79 Å². The third kappa shape index (κ3) is 2.49. The molecule has 0 radical (unpaired) electrons. The number of fused-ring (bicyclic) bond motifs is 1. The molecular weight excluding hydrogens is 302 g/mol. The van der Waals surface area contributed by atoms with E-state index in [1.807, 2.05) is 29.8 Å². The van der Waals surface area contributed by atoms with Crippen molar-refractivity contribution in [1.82, 2.24) is 24.8 Å². The normalized spacial score (nSPS) is 25.0. The van der Waals surface area contributed by atoms with Gasteiger partial charge in [0.25, 0.3) is 5.91 Å². The topological polar surface area (TPSA) is 54.3 Å². The molecule has 0 spiro atoms. The van der Waals surface area contributed by atoms with Gasteiger partial charge in [0.2, 0.25) is 0 Å². The van der Waals surface area contributed by atoms with Gasteiger partial charge < -0.3 is 9.80 Å². The summed E-state index contributed by atoms with van der Waals surface area (Å²) in [6, 6.07) is 6.66. The number of aryl methyl sites for hydroxylation is 1. The van der Waals surface area contributed by atoms with Crippen LogP contribution in [0.2, 0.25) is 0 Å². The number of rotatable bonds is 3. The maximum atomic E-state index is 13.1. The maximum Gasteiger partial charge on any atom is 0.254 e. The van der Waals surface area contributed by atoms with Gasteiger partial charge in [-0.1, -0.05) is 5.21 Å². The van der Waals surface area contributed by atoms with Crippen molar-refractivity contribution in [3.8, 4) is 0 Å². The zero-order chi connectivity index (χ0) is 16.7. The average Bonchev–Trinajstić information content (AvgIpc) is 3.31. The molecule has 2 saturated heterocycles. The Morgan fingerprint density at radius 3 is 2.75 bits per heavy atom. The van der Waals surface area contributed by atoms with Gasteiger partial charge in [0.05, 0.1) is 5.52 Å². The van der Waals surface area contributed by atoms with Crippen LogP contribution in [0.3, 0.4) is 0 Å². The van der Waals surface area contributed by atoms with E-state index in [2.05, 4.69) is 27.2 Å². The second-order valence-electron chi connectivity index (χ2n) is 7.01. The summed E-state index contributed by atoms with van der Waals surface area (Å²) in [6.07, 6.45) is 4.67. The predicted octanol–water partition coefficient (Wildman–Crippen LogP) is 2.15. The number of benzene rings is 1. The molecule has 4 rings (SSSR count). The van der Waals surface area contributed by atoms with Gasteiger partial charge in [-0.15, -0.1) is 5.10 Å². The number of nitrogens with zero attached hydrogens (tertiary/aromatic N) is 5. The smallest absolute Gasteiger partial charge is 0.254 e. The molecule has 1 aromatic heterocycles. The predicted molar refractivity (Wildman–Crippen MR) is 92.9 cm³/mol. The van der Waals surface area contributed by atoms with Gasteiger partial charge in [-0.3, -0.25) is 4.79 Å². The molecule has 2 fully saturated rings. The lowest BCUT2D eigenvalue weighted by atomic mass is 10.0. The Morgan fingerprint density at radius 2 is 2.00 bits per heavy atom. The fourth-order valence-electron chi connectivity index (χ4n) is 4.37. The van der Waals surface area contributed by atoms with Crippen LogP contribution >= 0.6 is 0 Å². The minimum Gasteiger partial charge on any atom is -0.334 e. The van der Waals surface area contributed by atoms with Crippen molar-refractivity contribution in [1.29, 1.82) is 0 Å². The minimum atomic E-state index is 0.144. The summed E-state index contributed by atoms with van der Waals surface area (Å²) in [4.78, 5) is 17.6. The van der Waals surface area contributed by atoms with Crippen LogP contribution in [0, 0.1) is 0 Å². The summed E-state index contributed by atoms with van der Waals surface area (Å²) in [5, 5.41) is 8.34. The highest BCUT2D eigenvalue weighted by Gasteiger charge is 2.38. The van der Waals surface area contributed by atoms with Crippen molar-refractivity contribution in [3.63, 3.8) is 0 Å². The minimum absolute atomic E-state index is 0.144. The number of aromatic nitrogens is 3. The summed E-state index contributed by atoms with van der Waals surface area (Å²) in [5.41, 5.74) is 2.53. The first-order valence-corrected chi connectivity index (χ1v) is 9.03. The van der Waals surface area contributed by atoms with Gasteiger partial charge in [0.1, 0.15) is 5.52 Å². The molecule has 24 heavy (non-hydrogen) atoms. The number of carbonyl (C=O) groups excluding carboxylic acids is 1. The number of likely N-dealkylation sites (tertiary alicyclic amines) is 2. The second-order valence-corrected chi connectivity index (χ2v) is 7.01. The van der Waals surface area contributed by atoms with Crippen molar-refractivity contribution >= 4 is 16.9 Å². The molecule has 6 heteroatoms. The molecule has 6 nitrogen and oxygen atoms in total. The lowest BCUT2D eigenvalue weighted by molar-refractivity contribution is 0.0664. The zero-order valence-corrected chi connectivity index (χ0v) is 14.5. The van der Waals surface area contributed by atoms with Gasteiger partial charge in [-0.25, -0.2) is 4.68 Å². The van der Waals surface area contributed by atoms with E-state index >= 15 is 0 Å². The van der Waals surface area contributed by atoms with Crippen LogP contribution in [0.4, 0.5) is 0 Å². The Hall–Kier alpha value is -1.95. The van der Waals surface area contributed by atoms with Gasteiger partial charge >= 0.3 is 0 Å². The molecule has 0 unspecified atom stereocenters. The Kier molecular flexibility index (Phi) is 4.00. The molecule has 0 N–H and O–H groups in total. The van der Waals surface area contributed by atoms with E-state index in [0.29, 0.717) is 12.1 Å². The number of hydrogen-bond donors (Lipinski definition) is 0. The Morgan fingerprint density at radius 1 is 1.21 bits per heavy atom. The van der Waals surface area contributed by atoms with Crippen LogP contribution < -0.4 is 0 Å². The van der Waals surface area contributed by atoms with Crippen LogP contribution in [0.5, 0.6) is 0 Å². The molecule has 128 valence electrons. The highest BCUT2D eigenvalue weighted by atomic mass is 16.2. The van der Waals surface area contributed by atoms with Crippen molar-refractivity contribution in [3.05, 3.63) is 23.8 Å². The van der Waals surface area contributed by atoms with Crippen LogP contribution in [0.1, 0.15) is 43.0 Å². The molecule has 2 aliphatic heterocycles. The fraction of sp³-hybridized carbons (Fsp3) is 0.611. The molecule has 0 bridgehead atoms. The Labute approximate surface area is 142 Å². The Balaban J connectivity index is 1.60. The molecule has 0 saturated carbocycles. The largest absolute Gasteiger partial charge is 0.334 e. The van der Waals surface area contributed by atoms with E-state index in [1.54, 1.807) is 0 Å². The number of amides is 1. The van der Waals surface area contributed by atoms with Gasteiger partial charge in [0.15, 0.2) is 0 Å². The maximum absolute atomic E-state index is 13.1. The molecule has 2 atom stereocenters. The standard InChI is InChI=1S/C18H25N5O/c1-3-23-15-9-8-13(12-14(15)19-20-23)18(24)22-11-5-7-17(22)16-6-4-10-21(16)2/h8-9,12,16-17H,3-7,10-11H2,1-2H3/t16-,17+/m1/s1.